The van der Waals surface area contributed by atoms with Gasteiger partial charge in [0.2, 0.25) is 0 Å². The van der Waals surface area contributed by atoms with Crippen molar-refractivity contribution in [2.24, 2.45) is 16.8 Å². The van der Waals surface area contributed by atoms with Crippen LogP contribution >= 0.6 is 11.8 Å². The summed E-state index contributed by atoms with van der Waals surface area (Å²) in [4.78, 5) is 4.10. The van der Waals surface area contributed by atoms with E-state index in [-0.39, 0.29) is 0 Å². The van der Waals surface area contributed by atoms with Gasteiger partial charge in [0.05, 0.1) is 5.55 Å². The Labute approximate surface area is 111 Å². The summed E-state index contributed by atoms with van der Waals surface area (Å²) in [6.07, 6.45) is 11.6. The Bertz CT molecular complexity index is 229. The summed E-state index contributed by atoms with van der Waals surface area (Å²) in [5.74, 6) is 1.88. The molecule has 0 bridgehead atoms. The SMILES string of the molecule is C=CCCC1CCC(C(CC)S/C=N\C)CC1. The second-order valence-electron chi connectivity index (χ2n) is 5.09. The van der Waals surface area contributed by atoms with Gasteiger partial charge in [-0.1, -0.05) is 25.8 Å². The van der Waals surface area contributed by atoms with Gasteiger partial charge in [-0.05, 0) is 43.9 Å². The van der Waals surface area contributed by atoms with Crippen LogP contribution < -0.4 is 0 Å². The van der Waals surface area contributed by atoms with Crippen molar-refractivity contribution in [1.29, 1.82) is 0 Å². The average molecular weight is 253 g/mol. The molecule has 1 aliphatic rings. The fraction of sp³-hybridized carbons (Fsp3) is 0.800. The summed E-state index contributed by atoms with van der Waals surface area (Å²) >= 11 is 1.94. The summed E-state index contributed by atoms with van der Waals surface area (Å²) < 4.78 is 0. The van der Waals surface area contributed by atoms with Crippen molar-refractivity contribution in [3.8, 4) is 0 Å². The maximum Gasteiger partial charge on any atom is 0.0540 e. The topological polar surface area (TPSA) is 12.4 Å². The highest BCUT2D eigenvalue weighted by Gasteiger charge is 2.26. The fourth-order valence-electron chi connectivity index (χ4n) is 2.88. The van der Waals surface area contributed by atoms with E-state index in [1.165, 1.54) is 44.9 Å². The molecule has 0 aromatic carbocycles. The van der Waals surface area contributed by atoms with Crippen molar-refractivity contribution in [3.63, 3.8) is 0 Å². The van der Waals surface area contributed by atoms with Crippen molar-refractivity contribution >= 4 is 17.3 Å². The Balaban J connectivity index is 2.30. The molecule has 1 fully saturated rings. The number of aliphatic imine (C=N–C) groups is 1. The zero-order valence-electron chi connectivity index (χ0n) is 11.4. The second-order valence-corrected chi connectivity index (χ2v) is 6.18. The molecule has 0 aromatic heterocycles. The Morgan fingerprint density at radius 1 is 1.35 bits per heavy atom. The molecule has 1 saturated carbocycles. The summed E-state index contributed by atoms with van der Waals surface area (Å²) in [7, 11) is 1.87. The van der Waals surface area contributed by atoms with Gasteiger partial charge < -0.3 is 0 Å². The fourth-order valence-corrected chi connectivity index (χ4v) is 3.85. The lowest BCUT2D eigenvalue weighted by molar-refractivity contribution is 0.258. The maximum absolute atomic E-state index is 4.10. The third kappa shape index (κ3) is 5.29. The highest BCUT2D eigenvalue weighted by atomic mass is 32.2. The first-order chi connectivity index (χ1) is 8.31. The monoisotopic (exact) mass is 253 g/mol. The second kappa shape index (κ2) is 8.79. The van der Waals surface area contributed by atoms with Crippen LogP contribution in [0.4, 0.5) is 0 Å². The molecule has 0 aromatic rings. The number of hydrogen-bond acceptors (Lipinski definition) is 2. The zero-order valence-corrected chi connectivity index (χ0v) is 12.2. The Morgan fingerprint density at radius 3 is 2.59 bits per heavy atom. The van der Waals surface area contributed by atoms with E-state index in [0.717, 1.165) is 17.1 Å². The van der Waals surface area contributed by atoms with Crippen LogP contribution in [-0.2, 0) is 0 Å². The first-order valence-corrected chi connectivity index (χ1v) is 7.93. The van der Waals surface area contributed by atoms with Crippen LogP contribution in [0.1, 0.15) is 51.9 Å². The van der Waals surface area contributed by atoms with E-state index >= 15 is 0 Å². The van der Waals surface area contributed by atoms with Crippen LogP contribution in [0.3, 0.4) is 0 Å². The Kier molecular flexibility index (Phi) is 7.67. The Hall–Kier alpha value is -0.240. The maximum atomic E-state index is 4.10. The molecule has 17 heavy (non-hydrogen) atoms. The van der Waals surface area contributed by atoms with Crippen LogP contribution in [0.15, 0.2) is 17.6 Å². The minimum absolute atomic E-state index is 0.791. The molecule has 1 nitrogen and oxygen atoms in total. The van der Waals surface area contributed by atoms with Gasteiger partial charge >= 0.3 is 0 Å². The molecular weight excluding hydrogens is 226 g/mol. The first-order valence-electron chi connectivity index (χ1n) is 6.98. The molecule has 0 radical (unpaired) electrons. The van der Waals surface area contributed by atoms with Gasteiger partial charge in [-0.3, -0.25) is 4.99 Å². The predicted molar refractivity (Wildman–Crippen MR) is 81.0 cm³/mol. The molecule has 0 saturated heterocycles. The lowest BCUT2D eigenvalue weighted by atomic mass is 9.78. The smallest absolute Gasteiger partial charge is 0.0540 e. The van der Waals surface area contributed by atoms with Crippen molar-refractivity contribution in [2.45, 2.75) is 57.1 Å². The molecule has 0 spiro atoms. The number of hydrogen-bond donors (Lipinski definition) is 0. The molecule has 0 heterocycles. The van der Waals surface area contributed by atoms with Crippen molar-refractivity contribution in [1.82, 2.24) is 0 Å². The summed E-state index contributed by atoms with van der Waals surface area (Å²) in [5, 5.41) is 0.791. The van der Waals surface area contributed by atoms with E-state index < -0.39 is 0 Å². The van der Waals surface area contributed by atoms with E-state index in [2.05, 4.69) is 24.6 Å². The largest absolute Gasteiger partial charge is 0.290 e. The quantitative estimate of drug-likeness (QED) is 0.356. The van der Waals surface area contributed by atoms with E-state index in [9.17, 15) is 0 Å². The van der Waals surface area contributed by atoms with Crippen LogP contribution in [0.25, 0.3) is 0 Å². The zero-order chi connectivity index (χ0) is 12.5. The number of nitrogens with zero attached hydrogens (tertiary/aromatic N) is 1. The molecule has 2 heteroatoms. The van der Waals surface area contributed by atoms with Gasteiger partial charge in [0.15, 0.2) is 0 Å². The normalized spacial score (nSPS) is 27.2. The summed E-state index contributed by atoms with van der Waals surface area (Å²) in [5.41, 5.74) is 2.03. The van der Waals surface area contributed by atoms with Crippen molar-refractivity contribution in [3.05, 3.63) is 12.7 Å². The van der Waals surface area contributed by atoms with Gasteiger partial charge in [0.25, 0.3) is 0 Å². The van der Waals surface area contributed by atoms with Crippen LogP contribution in [0.5, 0.6) is 0 Å². The van der Waals surface area contributed by atoms with E-state index in [0.29, 0.717) is 0 Å². The number of allylic oxidation sites excluding steroid dienone is 1. The molecule has 0 amide bonds. The average Bonchev–Trinajstić information content (AvgIpc) is 2.38. The van der Waals surface area contributed by atoms with E-state index in [1.54, 1.807) is 0 Å². The van der Waals surface area contributed by atoms with Gasteiger partial charge in [-0.25, -0.2) is 0 Å². The standard InChI is InChI=1S/C15H27NS/c1-4-6-7-13-8-10-14(11-9-13)15(5-2)17-12-16-3/h4,12-15H,1,5-11H2,2-3H3/b16-12-. The Morgan fingerprint density at radius 2 is 2.06 bits per heavy atom. The van der Waals surface area contributed by atoms with Gasteiger partial charge in [-0.15, -0.1) is 18.3 Å². The third-order valence-electron chi connectivity index (χ3n) is 3.94. The summed E-state index contributed by atoms with van der Waals surface area (Å²) in [6, 6.07) is 0. The highest BCUT2D eigenvalue weighted by Crippen LogP contribution is 2.37. The van der Waals surface area contributed by atoms with E-state index in [4.69, 9.17) is 0 Å². The third-order valence-corrected chi connectivity index (χ3v) is 5.34. The lowest BCUT2D eigenvalue weighted by Gasteiger charge is -2.32. The molecule has 1 aliphatic carbocycles. The number of rotatable bonds is 7. The van der Waals surface area contributed by atoms with Gasteiger partial charge in [0, 0.05) is 12.3 Å². The molecule has 98 valence electrons. The lowest BCUT2D eigenvalue weighted by Crippen LogP contribution is -2.23. The van der Waals surface area contributed by atoms with Crippen LogP contribution in [0.2, 0.25) is 0 Å². The van der Waals surface area contributed by atoms with Gasteiger partial charge in [-0.2, -0.15) is 0 Å². The van der Waals surface area contributed by atoms with Crippen molar-refractivity contribution < 1.29 is 0 Å². The van der Waals surface area contributed by atoms with E-state index in [1.807, 2.05) is 24.4 Å². The minimum Gasteiger partial charge on any atom is -0.290 e. The summed E-state index contributed by atoms with van der Waals surface area (Å²) in [6.45, 7) is 6.13. The molecule has 0 N–H and O–H groups in total. The number of thioether (sulfide) groups is 1. The minimum atomic E-state index is 0.791. The highest BCUT2D eigenvalue weighted by molar-refractivity contribution is 8.12. The molecule has 1 atom stereocenters. The van der Waals surface area contributed by atoms with Gasteiger partial charge in [0.1, 0.15) is 0 Å². The molecular formula is C15H27NS. The predicted octanol–water partition coefficient (Wildman–Crippen LogP) is 4.93. The van der Waals surface area contributed by atoms with Crippen molar-refractivity contribution in [2.75, 3.05) is 7.05 Å². The van der Waals surface area contributed by atoms with Crippen LogP contribution in [0, 0.1) is 11.8 Å². The molecule has 0 aliphatic heterocycles. The molecule has 1 rings (SSSR count). The first kappa shape index (κ1) is 14.8. The van der Waals surface area contributed by atoms with Crippen LogP contribution in [-0.4, -0.2) is 17.8 Å². The molecule has 1 unspecified atom stereocenters.